The minimum absolute atomic E-state index is 0.0713. The maximum Gasteiger partial charge on any atom is 0.274 e. The molecule has 1 fully saturated rings. The zero-order chi connectivity index (χ0) is 19.3. The van der Waals surface area contributed by atoms with Crippen LogP contribution in [0, 0.1) is 0 Å². The maximum atomic E-state index is 12.9. The van der Waals surface area contributed by atoms with Crippen molar-refractivity contribution in [3.8, 4) is 0 Å². The normalized spacial score (nSPS) is 17.7. The molecule has 1 aromatic heterocycles. The highest BCUT2D eigenvalue weighted by atomic mass is 16.2. The van der Waals surface area contributed by atoms with Crippen molar-refractivity contribution >= 4 is 5.91 Å². The van der Waals surface area contributed by atoms with E-state index in [1.807, 2.05) is 4.90 Å². The number of hydrogen-bond donors (Lipinski definition) is 2. The van der Waals surface area contributed by atoms with Gasteiger partial charge in [-0.2, -0.15) is 5.10 Å². The highest BCUT2D eigenvalue weighted by Gasteiger charge is 2.27. The van der Waals surface area contributed by atoms with Gasteiger partial charge in [-0.15, -0.1) is 0 Å². The van der Waals surface area contributed by atoms with Crippen LogP contribution in [-0.2, 0) is 19.5 Å². The van der Waals surface area contributed by atoms with E-state index < -0.39 is 0 Å². The molecule has 4 rings (SSSR count). The van der Waals surface area contributed by atoms with Crippen molar-refractivity contribution in [1.82, 2.24) is 30.2 Å². The van der Waals surface area contributed by atoms with Crippen LogP contribution >= 0.6 is 0 Å². The summed E-state index contributed by atoms with van der Waals surface area (Å²) in [5.41, 5.74) is 4.12. The van der Waals surface area contributed by atoms with Gasteiger partial charge in [-0.3, -0.25) is 14.8 Å². The van der Waals surface area contributed by atoms with Crippen molar-refractivity contribution in [1.29, 1.82) is 0 Å². The number of amides is 1. The summed E-state index contributed by atoms with van der Waals surface area (Å²) in [7, 11) is 2.17. The Morgan fingerprint density at radius 2 is 1.96 bits per heavy atom. The fourth-order valence-electron chi connectivity index (χ4n) is 4.01. The first-order valence-corrected chi connectivity index (χ1v) is 10.2. The molecule has 0 spiro atoms. The van der Waals surface area contributed by atoms with Gasteiger partial charge in [0.1, 0.15) is 0 Å². The molecule has 0 saturated carbocycles. The number of H-pyrrole nitrogens is 1. The van der Waals surface area contributed by atoms with Gasteiger partial charge in [0, 0.05) is 76.6 Å². The molecule has 0 aliphatic carbocycles. The van der Waals surface area contributed by atoms with E-state index in [4.69, 9.17) is 0 Å². The van der Waals surface area contributed by atoms with E-state index in [1.54, 1.807) is 0 Å². The fourth-order valence-corrected chi connectivity index (χ4v) is 4.01. The Morgan fingerprint density at radius 1 is 1.18 bits per heavy atom. The van der Waals surface area contributed by atoms with Crippen LogP contribution < -0.4 is 5.32 Å². The first-order valence-electron chi connectivity index (χ1n) is 10.2. The standard InChI is InChI=1S/C21H30N6O/c1-25(16-17-5-3-2-4-6-17)9-10-26-11-13-27(14-12-26)21(28)20-18-15-22-8-7-19(18)23-24-20/h2-6,22H,7-16H2,1H3,(H,23,24). The summed E-state index contributed by atoms with van der Waals surface area (Å²) in [5.74, 6) is 0.0713. The smallest absolute Gasteiger partial charge is 0.274 e. The third-order valence-corrected chi connectivity index (χ3v) is 5.76. The molecule has 3 heterocycles. The van der Waals surface area contributed by atoms with Gasteiger partial charge in [0.05, 0.1) is 0 Å². The molecule has 2 aliphatic rings. The monoisotopic (exact) mass is 382 g/mol. The van der Waals surface area contributed by atoms with Gasteiger partial charge in [0.15, 0.2) is 5.69 Å². The van der Waals surface area contributed by atoms with Crippen molar-refractivity contribution < 1.29 is 4.79 Å². The van der Waals surface area contributed by atoms with E-state index in [1.165, 1.54) is 5.56 Å². The summed E-state index contributed by atoms with van der Waals surface area (Å²) in [6, 6.07) is 10.6. The van der Waals surface area contributed by atoms with Crippen LogP contribution in [0.1, 0.15) is 27.3 Å². The summed E-state index contributed by atoms with van der Waals surface area (Å²) in [6.45, 7) is 8.12. The molecule has 2 aliphatic heterocycles. The van der Waals surface area contributed by atoms with Gasteiger partial charge in [-0.25, -0.2) is 0 Å². The van der Waals surface area contributed by atoms with Gasteiger partial charge in [-0.1, -0.05) is 30.3 Å². The van der Waals surface area contributed by atoms with Crippen molar-refractivity contribution in [2.24, 2.45) is 0 Å². The van der Waals surface area contributed by atoms with Crippen molar-refractivity contribution in [3.63, 3.8) is 0 Å². The summed E-state index contributed by atoms with van der Waals surface area (Å²) < 4.78 is 0. The first kappa shape index (κ1) is 19.1. The Hall–Kier alpha value is -2.22. The quantitative estimate of drug-likeness (QED) is 0.779. The second kappa shape index (κ2) is 8.86. The van der Waals surface area contributed by atoms with Gasteiger partial charge in [0.2, 0.25) is 0 Å². The molecule has 1 aromatic carbocycles. The van der Waals surface area contributed by atoms with Gasteiger partial charge in [0.25, 0.3) is 5.91 Å². The molecular weight excluding hydrogens is 352 g/mol. The number of carbonyl (C=O) groups is 1. The van der Waals surface area contributed by atoms with E-state index >= 15 is 0 Å². The Bertz CT molecular complexity index is 781. The number of nitrogens with zero attached hydrogens (tertiary/aromatic N) is 4. The molecule has 7 nitrogen and oxygen atoms in total. The lowest BCUT2D eigenvalue weighted by atomic mass is 10.1. The van der Waals surface area contributed by atoms with Gasteiger partial charge in [-0.05, 0) is 12.6 Å². The predicted molar refractivity (Wildman–Crippen MR) is 109 cm³/mol. The molecule has 2 N–H and O–H groups in total. The highest BCUT2D eigenvalue weighted by molar-refractivity contribution is 5.94. The van der Waals surface area contributed by atoms with Crippen molar-refractivity contribution in [2.45, 2.75) is 19.5 Å². The topological polar surface area (TPSA) is 67.5 Å². The largest absolute Gasteiger partial charge is 0.335 e. The molecule has 2 aromatic rings. The number of nitrogens with one attached hydrogen (secondary N) is 2. The number of benzene rings is 1. The number of likely N-dealkylation sites (N-methyl/N-ethyl adjacent to an activating group) is 1. The van der Waals surface area contributed by atoms with Crippen LogP contribution in [0.5, 0.6) is 0 Å². The molecule has 0 bridgehead atoms. The molecule has 1 amide bonds. The second-order valence-corrected chi connectivity index (χ2v) is 7.81. The third-order valence-electron chi connectivity index (χ3n) is 5.76. The second-order valence-electron chi connectivity index (χ2n) is 7.81. The molecule has 0 radical (unpaired) electrons. The summed E-state index contributed by atoms with van der Waals surface area (Å²) >= 11 is 0. The number of aromatic nitrogens is 2. The van der Waals surface area contributed by atoms with E-state index in [2.05, 4.69) is 62.7 Å². The van der Waals surface area contributed by atoms with E-state index in [-0.39, 0.29) is 5.91 Å². The van der Waals surface area contributed by atoms with E-state index in [0.29, 0.717) is 5.69 Å². The third kappa shape index (κ3) is 4.43. The Kier molecular flexibility index (Phi) is 6.04. The molecule has 7 heteroatoms. The minimum atomic E-state index is 0.0713. The van der Waals surface area contributed by atoms with Crippen LogP contribution in [0.3, 0.4) is 0 Å². The fraction of sp³-hybridized carbons (Fsp3) is 0.524. The van der Waals surface area contributed by atoms with Gasteiger partial charge < -0.3 is 15.1 Å². The van der Waals surface area contributed by atoms with Crippen LogP contribution in [0.2, 0.25) is 0 Å². The number of aromatic amines is 1. The first-order chi connectivity index (χ1) is 13.7. The van der Waals surface area contributed by atoms with Crippen molar-refractivity contribution in [3.05, 3.63) is 52.8 Å². The molecule has 0 unspecified atom stereocenters. The Balaban J connectivity index is 1.23. The summed E-state index contributed by atoms with van der Waals surface area (Å²) in [6.07, 6.45) is 0.917. The van der Waals surface area contributed by atoms with Crippen LogP contribution in [0.4, 0.5) is 0 Å². The lowest BCUT2D eigenvalue weighted by molar-refractivity contribution is 0.0619. The minimum Gasteiger partial charge on any atom is -0.335 e. The molecule has 28 heavy (non-hydrogen) atoms. The number of fused-ring (bicyclic) bond motifs is 1. The molecule has 150 valence electrons. The van der Waals surface area contributed by atoms with Gasteiger partial charge >= 0.3 is 0 Å². The zero-order valence-corrected chi connectivity index (χ0v) is 16.7. The maximum absolute atomic E-state index is 12.9. The van der Waals surface area contributed by atoms with Crippen molar-refractivity contribution in [2.75, 3.05) is 52.9 Å². The average molecular weight is 383 g/mol. The number of carbonyl (C=O) groups excluding carboxylic acids is 1. The van der Waals surface area contributed by atoms with Crippen LogP contribution in [0.25, 0.3) is 0 Å². The number of rotatable bonds is 6. The average Bonchev–Trinajstić information content (AvgIpc) is 3.17. The summed E-state index contributed by atoms with van der Waals surface area (Å²) in [5, 5.41) is 10.7. The predicted octanol–water partition coefficient (Wildman–Crippen LogP) is 0.945. The summed E-state index contributed by atoms with van der Waals surface area (Å²) in [4.78, 5) is 19.7. The highest BCUT2D eigenvalue weighted by Crippen LogP contribution is 2.18. The molecule has 0 atom stereocenters. The van der Waals surface area contributed by atoms with E-state index in [9.17, 15) is 4.79 Å². The molecule has 1 saturated heterocycles. The Morgan fingerprint density at radius 3 is 2.75 bits per heavy atom. The lowest BCUT2D eigenvalue weighted by Crippen LogP contribution is -2.50. The van der Waals surface area contributed by atoms with Crippen LogP contribution in [-0.4, -0.2) is 83.7 Å². The lowest BCUT2D eigenvalue weighted by Gasteiger charge is -2.35. The molecular formula is C21H30N6O. The zero-order valence-electron chi connectivity index (χ0n) is 16.7. The number of hydrogen-bond acceptors (Lipinski definition) is 5. The Labute approximate surface area is 166 Å². The van der Waals surface area contributed by atoms with Crippen LogP contribution in [0.15, 0.2) is 30.3 Å². The van der Waals surface area contributed by atoms with E-state index in [0.717, 1.165) is 76.6 Å². The number of piperazine rings is 1. The SMILES string of the molecule is CN(CCN1CCN(C(=O)c2n[nH]c3c2CNCC3)CC1)Cc1ccccc1.